The average molecular weight is 290 g/mol. The minimum absolute atomic E-state index is 0.171. The summed E-state index contributed by atoms with van der Waals surface area (Å²) in [4.78, 5) is 26.9. The Balaban J connectivity index is 2.10. The number of nitrogens with zero attached hydrogens (tertiary/aromatic N) is 1. The maximum Gasteiger partial charge on any atom is 0.358 e. The predicted octanol–water partition coefficient (Wildman–Crippen LogP) is 2.18. The lowest BCUT2D eigenvalue weighted by molar-refractivity contribution is -0.119. The molecule has 5 nitrogen and oxygen atoms in total. The highest BCUT2D eigenvalue weighted by atomic mass is 32.1. The minimum Gasteiger partial charge on any atom is -0.451 e. The number of rotatable bonds is 5. The van der Waals surface area contributed by atoms with Gasteiger partial charge in [-0.3, -0.25) is 4.79 Å². The summed E-state index contributed by atoms with van der Waals surface area (Å²) in [7, 11) is 0. The first-order chi connectivity index (χ1) is 9.66. The largest absolute Gasteiger partial charge is 0.451 e. The SMILES string of the molecule is CC(=O)NC[C@H](OC(=O)c1cscn1)c1ccccc1. The summed E-state index contributed by atoms with van der Waals surface area (Å²) in [6.45, 7) is 1.65. The fraction of sp³-hybridized carbons (Fsp3) is 0.214. The molecule has 1 aromatic carbocycles. The van der Waals surface area contributed by atoms with Crippen LogP contribution in [-0.2, 0) is 9.53 Å². The molecule has 1 amide bonds. The third kappa shape index (κ3) is 3.89. The van der Waals surface area contributed by atoms with Crippen molar-refractivity contribution < 1.29 is 14.3 Å². The number of carbonyl (C=O) groups excluding carboxylic acids is 2. The van der Waals surface area contributed by atoms with Gasteiger partial charge in [-0.25, -0.2) is 9.78 Å². The van der Waals surface area contributed by atoms with Crippen LogP contribution in [0.15, 0.2) is 41.2 Å². The molecule has 0 unspecified atom stereocenters. The lowest BCUT2D eigenvalue weighted by Gasteiger charge is -2.18. The molecule has 2 rings (SSSR count). The molecule has 0 saturated carbocycles. The third-order valence-electron chi connectivity index (χ3n) is 2.60. The van der Waals surface area contributed by atoms with Gasteiger partial charge in [0.25, 0.3) is 0 Å². The first-order valence-electron chi connectivity index (χ1n) is 6.05. The maximum atomic E-state index is 11.9. The summed E-state index contributed by atoms with van der Waals surface area (Å²) in [5.41, 5.74) is 2.67. The molecule has 104 valence electrons. The normalized spacial score (nSPS) is 11.7. The molecule has 6 heteroatoms. The number of ether oxygens (including phenoxy) is 1. The van der Waals surface area contributed by atoms with E-state index in [9.17, 15) is 9.59 Å². The van der Waals surface area contributed by atoms with E-state index in [1.54, 1.807) is 10.9 Å². The Kier molecular flexibility index (Phi) is 4.84. The molecule has 1 atom stereocenters. The van der Waals surface area contributed by atoms with Gasteiger partial charge in [-0.05, 0) is 5.56 Å². The Labute approximate surface area is 120 Å². The van der Waals surface area contributed by atoms with Gasteiger partial charge in [-0.15, -0.1) is 11.3 Å². The van der Waals surface area contributed by atoms with Crippen LogP contribution < -0.4 is 5.32 Å². The van der Waals surface area contributed by atoms with Crippen molar-refractivity contribution in [3.8, 4) is 0 Å². The molecule has 1 N–H and O–H groups in total. The maximum absolute atomic E-state index is 11.9. The summed E-state index contributed by atoms with van der Waals surface area (Å²) < 4.78 is 5.42. The fourth-order valence-electron chi connectivity index (χ4n) is 1.63. The van der Waals surface area contributed by atoms with E-state index in [0.717, 1.165) is 5.56 Å². The molecule has 0 spiro atoms. The van der Waals surface area contributed by atoms with Crippen LogP contribution in [0.2, 0.25) is 0 Å². The zero-order valence-electron chi connectivity index (χ0n) is 10.9. The van der Waals surface area contributed by atoms with E-state index < -0.39 is 12.1 Å². The number of amides is 1. The van der Waals surface area contributed by atoms with Gasteiger partial charge >= 0.3 is 5.97 Å². The van der Waals surface area contributed by atoms with Crippen LogP contribution in [-0.4, -0.2) is 23.4 Å². The molecule has 0 aliphatic carbocycles. The van der Waals surface area contributed by atoms with Gasteiger partial charge < -0.3 is 10.1 Å². The Bertz CT molecular complexity index is 569. The van der Waals surface area contributed by atoms with Gasteiger partial charge in [-0.1, -0.05) is 30.3 Å². The monoisotopic (exact) mass is 290 g/mol. The molecule has 0 saturated heterocycles. The van der Waals surface area contributed by atoms with Crippen molar-refractivity contribution in [2.75, 3.05) is 6.54 Å². The molecule has 0 aliphatic rings. The molecule has 0 fully saturated rings. The van der Waals surface area contributed by atoms with E-state index in [1.165, 1.54) is 18.3 Å². The van der Waals surface area contributed by atoms with Gasteiger partial charge in [0.1, 0.15) is 6.10 Å². The Morgan fingerprint density at radius 3 is 2.70 bits per heavy atom. The van der Waals surface area contributed by atoms with Crippen molar-refractivity contribution in [3.05, 3.63) is 52.5 Å². The van der Waals surface area contributed by atoms with Crippen molar-refractivity contribution >= 4 is 23.2 Å². The van der Waals surface area contributed by atoms with Crippen molar-refractivity contribution in [3.63, 3.8) is 0 Å². The average Bonchev–Trinajstić information content (AvgIpc) is 2.98. The van der Waals surface area contributed by atoms with Gasteiger partial charge in [0.2, 0.25) is 5.91 Å². The lowest BCUT2D eigenvalue weighted by Crippen LogP contribution is -2.28. The van der Waals surface area contributed by atoms with Crippen LogP contribution >= 0.6 is 11.3 Å². The van der Waals surface area contributed by atoms with E-state index in [-0.39, 0.29) is 18.1 Å². The van der Waals surface area contributed by atoms with Crippen LogP contribution in [0.4, 0.5) is 0 Å². The Morgan fingerprint density at radius 1 is 1.35 bits per heavy atom. The Hall–Kier alpha value is -2.21. The zero-order valence-corrected chi connectivity index (χ0v) is 11.7. The van der Waals surface area contributed by atoms with E-state index >= 15 is 0 Å². The highest BCUT2D eigenvalue weighted by molar-refractivity contribution is 7.07. The quantitative estimate of drug-likeness (QED) is 0.857. The van der Waals surface area contributed by atoms with Crippen LogP contribution in [0, 0.1) is 0 Å². The number of benzene rings is 1. The molecule has 20 heavy (non-hydrogen) atoms. The third-order valence-corrected chi connectivity index (χ3v) is 3.18. The predicted molar refractivity (Wildman–Crippen MR) is 75.4 cm³/mol. The van der Waals surface area contributed by atoms with Crippen molar-refractivity contribution in [2.45, 2.75) is 13.0 Å². The molecule has 1 heterocycles. The number of nitrogens with one attached hydrogen (secondary N) is 1. The summed E-state index contributed by atoms with van der Waals surface area (Å²) in [6.07, 6.45) is -0.533. The van der Waals surface area contributed by atoms with Gasteiger partial charge in [0.05, 0.1) is 12.1 Å². The number of carbonyl (C=O) groups is 2. The van der Waals surface area contributed by atoms with Crippen LogP contribution in [0.1, 0.15) is 29.1 Å². The smallest absolute Gasteiger partial charge is 0.358 e. The van der Waals surface area contributed by atoms with Crippen molar-refractivity contribution in [2.24, 2.45) is 0 Å². The van der Waals surface area contributed by atoms with Crippen molar-refractivity contribution in [1.29, 1.82) is 0 Å². The van der Waals surface area contributed by atoms with E-state index in [4.69, 9.17) is 4.74 Å². The topological polar surface area (TPSA) is 68.3 Å². The highest BCUT2D eigenvalue weighted by Crippen LogP contribution is 2.18. The van der Waals surface area contributed by atoms with Crippen LogP contribution in [0.3, 0.4) is 0 Å². The molecule has 0 radical (unpaired) electrons. The number of esters is 1. The summed E-state index contributed by atoms with van der Waals surface area (Å²) in [6, 6.07) is 9.28. The minimum atomic E-state index is -0.533. The molecular weight excluding hydrogens is 276 g/mol. The van der Waals surface area contributed by atoms with Crippen LogP contribution in [0.5, 0.6) is 0 Å². The van der Waals surface area contributed by atoms with E-state index in [2.05, 4.69) is 10.3 Å². The molecule has 2 aromatic rings. The zero-order chi connectivity index (χ0) is 14.4. The van der Waals surface area contributed by atoms with Gasteiger partial charge in [0.15, 0.2) is 5.69 Å². The van der Waals surface area contributed by atoms with Gasteiger partial charge in [0, 0.05) is 12.3 Å². The highest BCUT2D eigenvalue weighted by Gasteiger charge is 2.19. The lowest BCUT2D eigenvalue weighted by atomic mass is 10.1. The van der Waals surface area contributed by atoms with E-state index in [0.29, 0.717) is 0 Å². The van der Waals surface area contributed by atoms with Crippen LogP contribution in [0.25, 0.3) is 0 Å². The molecular formula is C14H14N2O3S. The summed E-state index contributed by atoms with van der Waals surface area (Å²) in [5.74, 6) is -0.666. The summed E-state index contributed by atoms with van der Waals surface area (Å²) in [5, 5.41) is 4.29. The molecule has 0 bridgehead atoms. The number of aromatic nitrogens is 1. The number of hydrogen-bond acceptors (Lipinski definition) is 5. The molecule has 1 aromatic heterocycles. The van der Waals surface area contributed by atoms with E-state index in [1.807, 2.05) is 30.3 Å². The fourth-order valence-corrected chi connectivity index (χ4v) is 2.16. The van der Waals surface area contributed by atoms with Crippen molar-refractivity contribution in [1.82, 2.24) is 10.3 Å². The Morgan fingerprint density at radius 2 is 2.10 bits per heavy atom. The van der Waals surface area contributed by atoms with Gasteiger partial charge in [-0.2, -0.15) is 0 Å². The molecule has 0 aliphatic heterocycles. The second-order valence-electron chi connectivity index (χ2n) is 4.12. The second-order valence-corrected chi connectivity index (χ2v) is 4.83. The number of hydrogen-bond donors (Lipinski definition) is 1. The second kappa shape index (κ2) is 6.81. The first kappa shape index (κ1) is 14.2. The number of thiazole rings is 1. The first-order valence-corrected chi connectivity index (χ1v) is 6.99. The standard InChI is InChI=1S/C14H14N2O3S/c1-10(17)15-7-13(11-5-3-2-4-6-11)19-14(18)12-8-20-9-16-12/h2-6,8-9,13H,7H2,1H3,(H,15,17)/t13-/m0/s1. The summed E-state index contributed by atoms with van der Waals surface area (Å²) >= 11 is 1.33.